The average Bonchev–Trinajstić information content (AvgIpc) is 2.48. The van der Waals surface area contributed by atoms with Crippen LogP contribution in [-0.2, 0) is 6.42 Å². The number of hydrogen-bond donors (Lipinski definition) is 0. The highest BCUT2D eigenvalue weighted by Crippen LogP contribution is 2.15. The van der Waals surface area contributed by atoms with Crippen LogP contribution in [0.3, 0.4) is 0 Å². The lowest BCUT2D eigenvalue weighted by molar-refractivity contribution is 0.245. The number of aryl methyl sites for hydroxylation is 1. The van der Waals surface area contributed by atoms with E-state index in [1.54, 1.807) is 12.1 Å². The third-order valence-corrected chi connectivity index (χ3v) is 2.84. The molecule has 0 spiro atoms. The Bertz CT molecular complexity index is 608. The summed E-state index contributed by atoms with van der Waals surface area (Å²) in [6, 6.07) is 14.8. The Hall–Kier alpha value is -2.41. The lowest BCUT2D eigenvalue weighted by Crippen LogP contribution is -2.15. The largest absolute Gasteiger partial charge is 0.476 e. The van der Waals surface area contributed by atoms with Gasteiger partial charge < -0.3 is 4.74 Å². The van der Waals surface area contributed by atoms with Crippen molar-refractivity contribution in [3.63, 3.8) is 0 Å². The number of para-hydroxylation sites is 1. The number of ether oxygens (including phenoxy) is 1. The Morgan fingerprint density at radius 2 is 1.80 bits per heavy atom. The van der Waals surface area contributed by atoms with Crippen LogP contribution in [0.5, 0.6) is 5.75 Å². The number of hydrogen-bond acceptors (Lipinski definition) is 2. The molecule has 1 unspecified atom stereocenters. The summed E-state index contributed by atoms with van der Waals surface area (Å²) in [6.07, 6.45) is 0.240. The Balaban J connectivity index is 1.94. The zero-order chi connectivity index (χ0) is 14.4. The highest BCUT2D eigenvalue weighted by Gasteiger charge is 2.10. The molecule has 2 rings (SSSR count). The van der Waals surface area contributed by atoms with Gasteiger partial charge in [0, 0.05) is 6.42 Å². The Kier molecular flexibility index (Phi) is 4.67. The van der Waals surface area contributed by atoms with E-state index in [1.165, 1.54) is 6.07 Å². The average molecular weight is 273 g/mol. The van der Waals surface area contributed by atoms with E-state index in [0.717, 1.165) is 12.1 Å². The second-order valence-electron chi connectivity index (χ2n) is 4.34. The molecule has 1 atom stereocenters. The van der Waals surface area contributed by atoms with E-state index in [1.807, 2.05) is 18.2 Å². The minimum absolute atomic E-state index is 0.413. The maximum absolute atomic E-state index is 13.1. The molecular formula is C16H13F2NO. The SMILES string of the molecule is N#CC(CCc1ccc(F)c(F)c1)Oc1ccccc1. The van der Waals surface area contributed by atoms with Gasteiger partial charge in [-0.15, -0.1) is 0 Å². The van der Waals surface area contributed by atoms with Crippen LogP contribution in [0.15, 0.2) is 48.5 Å². The number of benzene rings is 2. The van der Waals surface area contributed by atoms with Gasteiger partial charge in [-0.1, -0.05) is 24.3 Å². The first-order valence-electron chi connectivity index (χ1n) is 6.24. The molecule has 20 heavy (non-hydrogen) atoms. The highest BCUT2D eigenvalue weighted by molar-refractivity contribution is 5.22. The lowest BCUT2D eigenvalue weighted by Gasteiger charge is -2.12. The van der Waals surface area contributed by atoms with Crippen LogP contribution in [0.1, 0.15) is 12.0 Å². The molecule has 0 heterocycles. The van der Waals surface area contributed by atoms with Gasteiger partial charge in [-0.05, 0) is 36.2 Å². The maximum atomic E-state index is 13.1. The van der Waals surface area contributed by atoms with E-state index >= 15 is 0 Å². The van der Waals surface area contributed by atoms with Gasteiger partial charge in [-0.2, -0.15) is 5.26 Å². The molecule has 0 aromatic heterocycles. The molecule has 0 N–H and O–H groups in total. The molecule has 0 saturated carbocycles. The third kappa shape index (κ3) is 3.79. The normalized spacial score (nSPS) is 11.7. The predicted octanol–water partition coefficient (Wildman–Crippen LogP) is 3.87. The first kappa shape index (κ1) is 14.0. The standard InChI is InChI=1S/C16H13F2NO/c17-15-9-7-12(10-16(15)18)6-8-14(11-19)20-13-4-2-1-3-5-13/h1-5,7,9-10,14H,6,8H2. The summed E-state index contributed by atoms with van der Waals surface area (Å²) in [5.74, 6) is -1.13. The molecule has 102 valence electrons. The van der Waals surface area contributed by atoms with Crippen LogP contribution in [0.2, 0.25) is 0 Å². The topological polar surface area (TPSA) is 33.0 Å². The molecule has 0 saturated heterocycles. The van der Waals surface area contributed by atoms with Crippen molar-refractivity contribution in [3.8, 4) is 11.8 Å². The fourth-order valence-electron chi connectivity index (χ4n) is 1.81. The van der Waals surface area contributed by atoms with Crippen LogP contribution in [0.25, 0.3) is 0 Å². The molecule has 2 nitrogen and oxygen atoms in total. The van der Waals surface area contributed by atoms with E-state index in [4.69, 9.17) is 10.00 Å². The van der Waals surface area contributed by atoms with E-state index in [0.29, 0.717) is 24.2 Å². The first-order valence-corrected chi connectivity index (χ1v) is 6.24. The molecule has 2 aromatic carbocycles. The number of rotatable bonds is 5. The molecule has 0 aliphatic rings. The summed E-state index contributed by atoms with van der Waals surface area (Å²) < 4.78 is 31.4. The second kappa shape index (κ2) is 6.67. The Labute approximate surface area is 116 Å². The summed E-state index contributed by atoms with van der Waals surface area (Å²) in [5, 5.41) is 9.05. The zero-order valence-electron chi connectivity index (χ0n) is 10.7. The van der Waals surface area contributed by atoms with Gasteiger partial charge in [-0.25, -0.2) is 8.78 Å². The number of nitrogens with zero attached hydrogens (tertiary/aromatic N) is 1. The van der Waals surface area contributed by atoms with Crippen LogP contribution in [0, 0.1) is 23.0 Å². The van der Waals surface area contributed by atoms with Crippen LogP contribution in [0.4, 0.5) is 8.78 Å². The molecule has 0 amide bonds. The van der Waals surface area contributed by atoms with Crippen molar-refractivity contribution in [2.24, 2.45) is 0 Å². The second-order valence-corrected chi connectivity index (χ2v) is 4.34. The van der Waals surface area contributed by atoms with E-state index in [2.05, 4.69) is 6.07 Å². The fourth-order valence-corrected chi connectivity index (χ4v) is 1.81. The van der Waals surface area contributed by atoms with Gasteiger partial charge >= 0.3 is 0 Å². The van der Waals surface area contributed by atoms with Crippen molar-refractivity contribution in [2.75, 3.05) is 0 Å². The van der Waals surface area contributed by atoms with Gasteiger partial charge in [0.15, 0.2) is 17.7 Å². The summed E-state index contributed by atoms with van der Waals surface area (Å²) in [7, 11) is 0. The van der Waals surface area contributed by atoms with E-state index in [-0.39, 0.29) is 0 Å². The van der Waals surface area contributed by atoms with Gasteiger partial charge in [0.05, 0.1) is 0 Å². The van der Waals surface area contributed by atoms with Crippen LogP contribution in [-0.4, -0.2) is 6.10 Å². The quantitative estimate of drug-likeness (QED) is 0.828. The van der Waals surface area contributed by atoms with E-state index < -0.39 is 17.7 Å². The van der Waals surface area contributed by atoms with Crippen LogP contribution < -0.4 is 4.74 Å². The lowest BCUT2D eigenvalue weighted by atomic mass is 10.1. The summed E-state index contributed by atoms with van der Waals surface area (Å²) in [5.41, 5.74) is 0.640. The Morgan fingerprint density at radius 3 is 2.45 bits per heavy atom. The van der Waals surface area contributed by atoms with Crippen LogP contribution >= 0.6 is 0 Å². The van der Waals surface area contributed by atoms with Crippen molar-refractivity contribution < 1.29 is 13.5 Å². The minimum atomic E-state index is -0.875. The number of halogens is 2. The van der Waals surface area contributed by atoms with Gasteiger partial charge in [0.25, 0.3) is 0 Å². The molecule has 4 heteroatoms. The van der Waals surface area contributed by atoms with Crippen molar-refractivity contribution >= 4 is 0 Å². The third-order valence-electron chi connectivity index (χ3n) is 2.84. The van der Waals surface area contributed by atoms with Gasteiger partial charge in [0.1, 0.15) is 11.8 Å². The molecule has 0 aliphatic carbocycles. The van der Waals surface area contributed by atoms with Gasteiger partial charge in [-0.3, -0.25) is 0 Å². The first-order chi connectivity index (χ1) is 9.69. The van der Waals surface area contributed by atoms with Crippen molar-refractivity contribution in [1.82, 2.24) is 0 Å². The predicted molar refractivity (Wildman–Crippen MR) is 71.2 cm³/mol. The van der Waals surface area contributed by atoms with Crippen molar-refractivity contribution in [3.05, 3.63) is 65.7 Å². The molecular weight excluding hydrogens is 260 g/mol. The summed E-state index contributed by atoms with van der Waals surface area (Å²) >= 11 is 0. The van der Waals surface area contributed by atoms with Crippen molar-refractivity contribution in [2.45, 2.75) is 18.9 Å². The summed E-state index contributed by atoms with van der Waals surface area (Å²) in [4.78, 5) is 0. The summed E-state index contributed by atoms with van der Waals surface area (Å²) in [6.45, 7) is 0. The maximum Gasteiger partial charge on any atom is 0.184 e. The molecule has 0 bridgehead atoms. The van der Waals surface area contributed by atoms with Gasteiger partial charge in [0.2, 0.25) is 0 Å². The van der Waals surface area contributed by atoms with Crippen molar-refractivity contribution in [1.29, 1.82) is 5.26 Å². The highest BCUT2D eigenvalue weighted by atomic mass is 19.2. The fraction of sp³-hybridized carbons (Fsp3) is 0.188. The molecule has 0 radical (unpaired) electrons. The van der Waals surface area contributed by atoms with E-state index in [9.17, 15) is 8.78 Å². The molecule has 0 fully saturated rings. The Morgan fingerprint density at radius 1 is 1.05 bits per heavy atom. The molecule has 2 aromatic rings. The smallest absolute Gasteiger partial charge is 0.184 e. The number of nitriles is 1. The zero-order valence-corrected chi connectivity index (χ0v) is 10.7. The monoisotopic (exact) mass is 273 g/mol. The molecule has 0 aliphatic heterocycles. The minimum Gasteiger partial charge on any atom is -0.476 e.